The predicted octanol–water partition coefficient (Wildman–Crippen LogP) is 4.60. The molecule has 1 aliphatic rings. The molecule has 0 aliphatic carbocycles. The van der Waals surface area contributed by atoms with Crippen LogP contribution in [0.1, 0.15) is 54.8 Å². The quantitative estimate of drug-likeness (QED) is 0.584. The number of fused-ring (bicyclic) bond motifs is 1. The van der Waals surface area contributed by atoms with E-state index in [1.807, 2.05) is 13.8 Å². The maximum absolute atomic E-state index is 12.2. The highest BCUT2D eigenvalue weighted by molar-refractivity contribution is 7.20. The van der Waals surface area contributed by atoms with Crippen LogP contribution in [0.25, 0.3) is 10.2 Å². The van der Waals surface area contributed by atoms with Gasteiger partial charge in [0.25, 0.3) is 0 Å². The number of thiophene rings is 1. The van der Waals surface area contributed by atoms with Crippen LogP contribution in [0, 0.1) is 6.92 Å². The molecule has 0 spiro atoms. The van der Waals surface area contributed by atoms with Gasteiger partial charge in [0.1, 0.15) is 15.5 Å². The molecule has 3 heterocycles. The van der Waals surface area contributed by atoms with Gasteiger partial charge < -0.3 is 9.64 Å². The van der Waals surface area contributed by atoms with Gasteiger partial charge in [-0.3, -0.25) is 0 Å². The number of nitrogens with zero attached hydrogens (tertiary/aromatic N) is 3. The molecule has 130 valence electrons. The largest absolute Gasteiger partial charge is 0.462 e. The van der Waals surface area contributed by atoms with Crippen molar-refractivity contribution >= 4 is 44.9 Å². The lowest BCUT2D eigenvalue weighted by atomic mass is 9.99. The van der Waals surface area contributed by atoms with Gasteiger partial charge in [-0.05, 0) is 56.7 Å². The van der Waals surface area contributed by atoms with Crippen molar-refractivity contribution in [2.45, 2.75) is 52.5 Å². The van der Waals surface area contributed by atoms with Crippen LogP contribution in [0.15, 0.2) is 0 Å². The molecule has 0 aromatic carbocycles. The average Bonchev–Trinajstić information content (AvgIpc) is 2.91. The molecule has 5 nitrogen and oxygen atoms in total. The Morgan fingerprint density at radius 3 is 2.88 bits per heavy atom. The molecule has 2 aromatic heterocycles. The monoisotopic (exact) mass is 367 g/mol. The molecule has 0 radical (unpaired) electrons. The Kier molecular flexibility index (Phi) is 5.25. The minimum atomic E-state index is -0.300. The van der Waals surface area contributed by atoms with Crippen LogP contribution < -0.4 is 4.90 Å². The Labute approximate surface area is 151 Å². The van der Waals surface area contributed by atoms with Crippen LogP contribution in [0.2, 0.25) is 5.28 Å². The number of ether oxygens (including phenoxy) is 1. The van der Waals surface area contributed by atoms with Crippen LogP contribution in [0.4, 0.5) is 5.82 Å². The van der Waals surface area contributed by atoms with Gasteiger partial charge in [0.2, 0.25) is 5.28 Å². The van der Waals surface area contributed by atoms with E-state index in [9.17, 15) is 4.79 Å². The zero-order valence-corrected chi connectivity index (χ0v) is 15.8. The van der Waals surface area contributed by atoms with Crippen LogP contribution >= 0.6 is 22.9 Å². The molecule has 1 saturated heterocycles. The lowest BCUT2D eigenvalue weighted by Gasteiger charge is -2.36. The van der Waals surface area contributed by atoms with Crippen molar-refractivity contribution in [3.05, 3.63) is 15.7 Å². The molecule has 1 aliphatic heterocycles. The Bertz CT molecular complexity index is 762. The Morgan fingerprint density at radius 2 is 2.17 bits per heavy atom. The molecule has 0 saturated carbocycles. The van der Waals surface area contributed by atoms with E-state index in [0.29, 0.717) is 17.5 Å². The van der Waals surface area contributed by atoms with Gasteiger partial charge in [-0.15, -0.1) is 11.3 Å². The van der Waals surface area contributed by atoms with Gasteiger partial charge in [0, 0.05) is 12.6 Å². The van der Waals surface area contributed by atoms with E-state index in [-0.39, 0.29) is 11.3 Å². The van der Waals surface area contributed by atoms with E-state index in [2.05, 4.69) is 21.8 Å². The maximum atomic E-state index is 12.2. The maximum Gasteiger partial charge on any atom is 0.348 e. The summed E-state index contributed by atoms with van der Waals surface area (Å²) in [7, 11) is 0. The number of aryl methyl sites for hydroxylation is 1. The zero-order valence-electron chi connectivity index (χ0n) is 14.3. The Morgan fingerprint density at radius 1 is 1.38 bits per heavy atom. The first-order valence-electron chi connectivity index (χ1n) is 8.47. The van der Waals surface area contributed by atoms with Crippen molar-refractivity contribution in [2.24, 2.45) is 0 Å². The van der Waals surface area contributed by atoms with Crippen molar-refractivity contribution in [3.63, 3.8) is 0 Å². The van der Waals surface area contributed by atoms with Crippen LogP contribution in [0.5, 0.6) is 0 Å². The number of carbonyl (C=O) groups excluding carboxylic acids is 1. The molecule has 1 unspecified atom stereocenters. The summed E-state index contributed by atoms with van der Waals surface area (Å²) in [6, 6.07) is 0.457. The number of carbonyl (C=O) groups is 1. The third kappa shape index (κ3) is 3.09. The summed E-state index contributed by atoms with van der Waals surface area (Å²) < 4.78 is 5.17. The van der Waals surface area contributed by atoms with Crippen LogP contribution in [-0.2, 0) is 4.74 Å². The second kappa shape index (κ2) is 7.23. The van der Waals surface area contributed by atoms with E-state index in [4.69, 9.17) is 16.3 Å². The second-order valence-electron chi connectivity index (χ2n) is 6.02. The summed E-state index contributed by atoms with van der Waals surface area (Å²) in [4.78, 5) is 24.8. The number of esters is 1. The molecular formula is C17H22ClN3O2S. The zero-order chi connectivity index (χ0) is 17.3. The fraction of sp³-hybridized carbons (Fsp3) is 0.588. The molecule has 24 heavy (non-hydrogen) atoms. The highest BCUT2D eigenvalue weighted by atomic mass is 35.5. The van der Waals surface area contributed by atoms with Gasteiger partial charge in [0.15, 0.2) is 0 Å². The first-order valence-corrected chi connectivity index (χ1v) is 9.66. The molecule has 0 N–H and O–H groups in total. The first-order chi connectivity index (χ1) is 11.6. The lowest BCUT2D eigenvalue weighted by molar-refractivity contribution is 0.0531. The molecule has 2 aromatic rings. The summed E-state index contributed by atoms with van der Waals surface area (Å²) in [5, 5.41) is 1.17. The summed E-state index contributed by atoms with van der Waals surface area (Å²) in [5.41, 5.74) is 0.889. The van der Waals surface area contributed by atoms with Gasteiger partial charge in [0.05, 0.1) is 12.0 Å². The number of piperidine rings is 1. The number of aromatic nitrogens is 2. The molecular weight excluding hydrogens is 346 g/mol. The second-order valence-corrected chi connectivity index (χ2v) is 7.36. The number of anilines is 1. The predicted molar refractivity (Wildman–Crippen MR) is 98.4 cm³/mol. The fourth-order valence-electron chi connectivity index (χ4n) is 3.40. The molecule has 7 heteroatoms. The first kappa shape index (κ1) is 17.4. The third-order valence-corrected chi connectivity index (χ3v) is 5.91. The number of hydrogen-bond acceptors (Lipinski definition) is 6. The van der Waals surface area contributed by atoms with Crippen molar-refractivity contribution in [2.75, 3.05) is 18.1 Å². The number of hydrogen-bond donors (Lipinski definition) is 0. The summed E-state index contributed by atoms with van der Waals surface area (Å²) in [6.45, 7) is 7.27. The number of rotatable bonds is 4. The van der Waals surface area contributed by atoms with Crippen LogP contribution in [0.3, 0.4) is 0 Å². The Balaban J connectivity index is 2.15. The number of halogens is 1. The highest BCUT2D eigenvalue weighted by Crippen LogP contribution is 2.38. The topological polar surface area (TPSA) is 55.3 Å². The molecule has 0 bridgehead atoms. The average molecular weight is 368 g/mol. The van der Waals surface area contributed by atoms with E-state index < -0.39 is 0 Å². The molecule has 1 atom stereocenters. The Hall–Kier alpha value is -1.40. The van der Waals surface area contributed by atoms with Crippen molar-refractivity contribution in [1.82, 2.24) is 9.97 Å². The summed E-state index contributed by atoms with van der Waals surface area (Å²) in [5.74, 6) is 0.562. The minimum Gasteiger partial charge on any atom is -0.462 e. The van der Waals surface area contributed by atoms with Gasteiger partial charge in [-0.1, -0.05) is 6.92 Å². The SMILES string of the molecule is CCOC(=O)c1sc2nc(Cl)nc(N3CCCCC3CC)c2c1C. The lowest BCUT2D eigenvalue weighted by Crippen LogP contribution is -2.39. The standard InChI is InChI=1S/C17H22ClN3O2S/c1-4-11-8-6-7-9-21(11)14-12-10(3)13(16(22)23-5-2)24-15(12)20-17(18)19-14/h11H,4-9H2,1-3H3. The molecule has 1 fully saturated rings. The van der Waals surface area contributed by atoms with E-state index in [1.54, 1.807) is 0 Å². The smallest absolute Gasteiger partial charge is 0.348 e. The van der Waals surface area contributed by atoms with Crippen molar-refractivity contribution < 1.29 is 9.53 Å². The molecule has 0 amide bonds. The third-order valence-electron chi connectivity index (χ3n) is 4.58. The van der Waals surface area contributed by atoms with Gasteiger partial charge in [-0.2, -0.15) is 4.98 Å². The minimum absolute atomic E-state index is 0.231. The van der Waals surface area contributed by atoms with Gasteiger partial charge in [-0.25, -0.2) is 9.78 Å². The normalized spacial score (nSPS) is 18.2. The van der Waals surface area contributed by atoms with E-state index in [1.165, 1.54) is 17.8 Å². The van der Waals surface area contributed by atoms with Crippen LogP contribution in [-0.4, -0.2) is 35.1 Å². The van der Waals surface area contributed by atoms with Crippen molar-refractivity contribution in [1.29, 1.82) is 0 Å². The molecule has 3 rings (SSSR count). The summed E-state index contributed by atoms with van der Waals surface area (Å²) >= 11 is 7.51. The van der Waals surface area contributed by atoms with E-state index in [0.717, 1.165) is 47.4 Å². The van der Waals surface area contributed by atoms with Crippen molar-refractivity contribution in [3.8, 4) is 0 Å². The fourth-order valence-corrected chi connectivity index (χ4v) is 4.68. The van der Waals surface area contributed by atoms with E-state index >= 15 is 0 Å². The van der Waals surface area contributed by atoms with Gasteiger partial charge >= 0.3 is 5.97 Å². The summed E-state index contributed by atoms with van der Waals surface area (Å²) in [6.07, 6.45) is 4.62. The highest BCUT2D eigenvalue weighted by Gasteiger charge is 2.28.